The molecule has 1 unspecified atom stereocenters. The quantitative estimate of drug-likeness (QED) is 0.325. The SMILES string of the molecule is CCOc1cc(-c2cc(C(CN)n3c(C)cc4c(OC)cc(F)cc43)ncn2)cc(F)c1-c1nnn[nH]1. The fraction of sp³-hybridized carbons (Fsp3) is 0.240. The van der Waals surface area contributed by atoms with E-state index in [0.29, 0.717) is 34.8 Å². The van der Waals surface area contributed by atoms with E-state index in [0.717, 1.165) is 11.1 Å². The minimum Gasteiger partial charge on any atom is -0.496 e. The first-order valence-electron chi connectivity index (χ1n) is 11.5. The van der Waals surface area contributed by atoms with E-state index in [4.69, 9.17) is 15.2 Å². The molecule has 12 heteroatoms. The van der Waals surface area contributed by atoms with Gasteiger partial charge in [-0.15, -0.1) is 5.10 Å². The van der Waals surface area contributed by atoms with Crippen LogP contribution in [0.15, 0.2) is 42.7 Å². The molecule has 0 amide bonds. The van der Waals surface area contributed by atoms with Crippen LogP contribution in [0.1, 0.15) is 24.4 Å². The first-order chi connectivity index (χ1) is 17.9. The lowest BCUT2D eigenvalue weighted by atomic mass is 10.0. The Balaban J connectivity index is 1.61. The Hall–Kier alpha value is -4.45. The summed E-state index contributed by atoms with van der Waals surface area (Å²) >= 11 is 0. The van der Waals surface area contributed by atoms with Crippen LogP contribution in [-0.2, 0) is 0 Å². The minimum atomic E-state index is -0.579. The van der Waals surface area contributed by atoms with Crippen LogP contribution >= 0.6 is 0 Å². The average Bonchev–Trinajstić information content (AvgIpc) is 3.53. The highest BCUT2D eigenvalue weighted by atomic mass is 19.1. The zero-order valence-corrected chi connectivity index (χ0v) is 20.4. The van der Waals surface area contributed by atoms with Crippen LogP contribution in [0.4, 0.5) is 8.78 Å². The molecule has 3 heterocycles. The van der Waals surface area contributed by atoms with Gasteiger partial charge in [-0.25, -0.2) is 23.8 Å². The second-order valence-corrected chi connectivity index (χ2v) is 8.29. The summed E-state index contributed by atoms with van der Waals surface area (Å²) in [5, 5.41) is 14.2. The van der Waals surface area contributed by atoms with Crippen molar-refractivity contribution >= 4 is 10.9 Å². The second kappa shape index (κ2) is 9.90. The third-order valence-corrected chi connectivity index (χ3v) is 6.09. The summed E-state index contributed by atoms with van der Waals surface area (Å²) in [6, 6.07) is 9.00. The van der Waals surface area contributed by atoms with Gasteiger partial charge >= 0.3 is 0 Å². The van der Waals surface area contributed by atoms with Gasteiger partial charge in [-0.1, -0.05) is 0 Å². The van der Waals surface area contributed by atoms with Gasteiger partial charge in [0, 0.05) is 29.3 Å². The Bertz CT molecular complexity index is 1570. The number of methoxy groups -OCH3 is 1. The molecule has 2 aromatic carbocycles. The molecule has 0 saturated carbocycles. The van der Waals surface area contributed by atoms with Crippen molar-refractivity contribution in [3.8, 4) is 34.1 Å². The normalized spacial score (nSPS) is 12.2. The van der Waals surface area contributed by atoms with E-state index in [1.165, 1.54) is 31.6 Å². The summed E-state index contributed by atoms with van der Waals surface area (Å²) in [4.78, 5) is 8.81. The number of halogens is 2. The maximum absolute atomic E-state index is 15.3. The van der Waals surface area contributed by atoms with Gasteiger partial charge in [0.05, 0.1) is 42.2 Å². The number of hydrogen-bond acceptors (Lipinski definition) is 8. The monoisotopic (exact) mass is 506 g/mol. The molecule has 5 aromatic rings. The largest absolute Gasteiger partial charge is 0.496 e. The van der Waals surface area contributed by atoms with Crippen LogP contribution in [-0.4, -0.2) is 55.4 Å². The second-order valence-electron chi connectivity index (χ2n) is 8.29. The average molecular weight is 507 g/mol. The van der Waals surface area contributed by atoms with Gasteiger partial charge in [0.1, 0.15) is 29.5 Å². The Kier molecular flexibility index (Phi) is 6.49. The lowest BCUT2D eigenvalue weighted by molar-refractivity contribution is 0.340. The van der Waals surface area contributed by atoms with E-state index >= 15 is 4.39 Å². The molecule has 37 heavy (non-hydrogen) atoms. The first kappa shape index (κ1) is 24.3. The fourth-order valence-electron chi connectivity index (χ4n) is 4.54. The van der Waals surface area contributed by atoms with Crippen LogP contribution in [0.25, 0.3) is 33.5 Å². The number of tetrazole rings is 1. The molecule has 0 spiro atoms. The van der Waals surface area contributed by atoms with E-state index < -0.39 is 17.7 Å². The van der Waals surface area contributed by atoms with Gasteiger partial charge in [0.2, 0.25) is 0 Å². The number of aromatic nitrogens is 7. The van der Waals surface area contributed by atoms with Gasteiger partial charge in [0.25, 0.3) is 0 Å². The standard InChI is InChI=1S/C25H24F2N8O2/c1-4-37-23-7-14(6-17(27)24(23)25-31-33-34-32-25)18-10-19(30-12-29-18)21(11-28)35-13(2)5-16-20(35)8-15(26)9-22(16)36-3/h5-10,12,21H,4,11,28H2,1-3H3,(H,31,32,33,34). The number of H-pyrrole nitrogens is 1. The van der Waals surface area contributed by atoms with E-state index in [1.54, 1.807) is 19.1 Å². The fourth-order valence-corrected chi connectivity index (χ4v) is 4.54. The molecule has 5 rings (SSSR count). The summed E-state index contributed by atoms with van der Waals surface area (Å²) < 4.78 is 42.6. The first-order valence-corrected chi connectivity index (χ1v) is 11.5. The predicted octanol–water partition coefficient (Wildman–Crippen LogP) is 3.82. The summed E-state index contributed by atoms with van der Waals surface area (Å²) in [6.07, 6.45) is 1.39. The Morgan fingerprint density at radius 3 is 2.62 bits per heavy atom. The van der Waals surface area contributed by atoms with Crippen molar-refractivity contribution in [3.05, 3.63) is 65.7 Å². The van der Waals surface area contributed by atoms with Gasteiger partial charge in [0.15, 0.2) is 5.82 Å². The number of benzene rings is 2. The number of aryl methyl sites for hydroxylation is 1. The maximum atomic E-state index is 15.3. The zero-order chi connectivity index (χ0) is 26.1. The summed E-state index contributed by atoms with van der Waals surface area (Å²) in [5.41, 5.74) is 9.32. The van der Waals surface area contributed by atoms with E-state index in [-0.39, 0.29) is 23.7 Å². The maximum Gasteiger partial charge on any atom is 0.186 e. The number of nitrogens with zero attached hydrogens (tertiary/aromatic N) is 6. The smallest absolute Gasteiger partial charge is 0.186 e. The van der Waals surface area contributed by atoms with Crippen molar-refractivity contribution in [3.63, 3.8) is 0 Å². The molecular weight excluding hydrogens is 482 g/mol. The molecule has 0 aliphatic carbocycles. The molecule has 3 N–H and O–H groups in total. The topological polar surface area (TPSA) is 130 Å². The number of rotatable bonds is 8. The van der Waals surface area contributed by atoms with Gasteiger partial charge in [-0.3, -0.25) is 0 Å². The van der Waals surface area contributed by atoms with Crippen molar-refractivity contribution < 1.29 is 18.3 Å². The summed E-state index contributed by atoms with van der Waals surface area (Å²) in [5.74, 6) is -0.163. The summed E-state index contributed by atoms with van der Waals surface area (Å²) in [6.45, 7) is 4.18. The highest BCUT2D eigenvalue weighted by Gasteiger charge is 2.23. The Morgan fingerprint density at radius 2 is 1.92 bits per heavy atom. The molecule has 0 radical (unpaired) electrons. The zero-order valence-electron chi connectivity index (χ0n) is 20.4. The van der Waals surface area contributed by atoms with E-state index in [2.05, 4.69) is 30.6 Å². The minimum absolute atomic E-state index is 0.120. The van der Waals surface area contributed by atoms with Crippen LogP contribution in [0.5, 0.6) is 11.5 Å². The third-order valence-electron chi connectivity index (χ3n) is 6.09. The predicted molar refractivity (Wildman–Crippen MR) is 132 cm³/mol. The van der Waals surface area contributed by atoms with Crippen LogP contribution < -0.4 is 15.2 Å². The molecule has 1 atom stereocenters. The number of aromatic amines is 1. The van der Waals surface area contributed by atoms with Crippen LogP contribution in [0.2, 0.25) is 0 Å². The highest BCUT2D eigenvalue weighted by Crippen LogP contribution is 2.36. The molecule has 0 aliphatic heterocycles. The number of fused-ring (bicyclic) bond motifs is 1. The lowest BCUT2D eigenvalue weighted by Crippen LogP contribution is -2.22. The van der Waals surface area contributed by atoms with Gasteiger partial charge in [-0.05, 0) is 54.6 Å². The molecule has 190 valence electrons. The number of hydrogen-bond donors (Lipinski definition) is 2. The molecule has 0 saturated heterocycles. The lowest BCUT2D eigenvalue weighted by Gasteiger charge is -2.21. The Labute approximate surface area is 210 Å². The van der Waals surface area contributed by atoms with Gasteiger partial charge < -0.3 is 19.8 Å². The number of nitrogens with two attached hydrogens (primary N) is 1. The Morgan fingerprint density at radius 1 is 1.08 bits per heavy atom. The summed E-state index contributed by atoms with van der Waals surface area (Å²) in [7, 11) is 1.50. The van der Waals surface area contributed by atoms with Crippen molar-refractivity contribution in [2.75, 3.05) is 20.3 Å². The van der Waals surface area contributed by atoms with Crippen molar-refractivity contribution in [2.45, 2.75) is 19.9 Å². The van der Waals surface area contributed by atoms with Crippen molar-refractivity contribution in [2.24, 2.45) is 5.73 Å². The van der Waals surface area contributed by atoms with Crippen LogP contribution in [0, 0.1) is 18.6 Å². The molecular formula is C25H24F2N8O2. The molecule has 0 fully saturated rings. The van der Waals surface area contributed by atoms with E-state index in [1.807, 2.05) is 17.6 Å². The van der Waals surface area contributed by atoms with Gasteiger partial charge in [-0.2, -0.15) is 0 Å². The third kappa shape index (κ3) is 4.35. The molecule has 0 aliphatic rings. The highest BCUT2D eigenvalue weighted by molar-refractivity contribution is 5.88. The molecule has 10 nitrogen and oxygen atoms in total. The van der Waals surface area contributed by atoms with Crippen molar-refractivity contribution in [1.29, 1.82) is 0 Å². The van der Waals surface area contributed by atoms with Crippen LogP contribution in [0.3, 0.4) is 0 Å². The molecule has 3 aromatic heterocycles. The number of nitrogens with one attached hydrogen (secondary N) is 1. The van der Waals surface area contributed by atoms with Crippen molar-refractivity contribution in [1.82, 2.24) is 35.2 Å². The molecule has 0 bridgehead atoms. The number of ether oxygens (including phenoxy) is 2. The van der Waals surface area contributed by atoms with E-state index in [9.17, 15) is 4.39 Å².